The molecule has 1 N–H and O–H groups in total. The summed E-state index contributed by atoms with van der Waals surface area (Å²) < 4.78 is 14.2. The first kappa shape index (κ1) is 18.3. The van der Waals surface area contributed by atoms with Crippen molar-refractivity contribution in [2.75, 3.05) is 24.0 Å². The van der Waals surface area contributed by atoms with E-state index in [9.17, 15) is 4.39 Å². The first-order valence-corrected chi connectivity index (χ1v) is 8.90. The summed E-state index contributed by atoms with van der Waals surface area (Å²) in [6.45, 7) is 9.03. The number of halogens is 1. The van der Waals surface area contributed by atoms with E-state index in [4.69, 9.17) is 0 Å². The van der Waals surface area contributed by atoms with Crippen molar-refractivity contribution in [3.63, 3.8) is 0 Å². The molecule has 0 aromatic heterocycles. The second-order valence-corrected chi connectivity index (χ2v) is 7.57. The van der Waals surface area contributed by atoms with Crippen LogP contribution in [0.1, 0.15) is 39.7 Å². The SMILES string of the molecule is CSCCC(C)N(C)c1cccc(F)c1CNC(C)(C)C. The van der Waals surface area contributed by atoms with Crippen LogP contribution in [0.3, 0.4) is 0 Å². The molecule has 21 heavy (non-hydrogen) atoms. The molecule has 0 amide bonds. The summed E-state index contributed by atoms with van der Waals surface area (Å²) in [6, 6.07) is 5.75. The third-order valence-corrected chi connectivity index (χ3v) is 4.31. The van der Waals surface area contributed by atoms with E-state index < -0.39 is 0 Å². The predicted molar refractivity (Wildman–Crippen MR) is 93.9 cm³/mol. The molecule has 120 valence electrons. The van der Waals surface area contributed by atoms with E-state index in [0.29, 0.717) is 12.6 Å². The molecule has 4 heteroatoms. The van der Waals surface area contributed by atoms with Crippen LogP contribution in [0, 0.1) is 5.82 Å². The lowest BCUT2D eigenvalue weighted by Crippen LogP contribution is -2.36. The molecule has 0 saturated carbocycles. The molecule has 0 fully saturated rings. The summed E-state index contributed by atoms with van der Waals surface area (Å²) in [5.74, 6) is 0.990. The maximum absolute atomic E-state index is 14.2. The van der Waals surface area contributed by atoms with Crippen molar-refractivity contribution >= 4 is 17.4 Å². The fourth-order valence-corrected chi connectivity index (χ4v) is 2.70. The molecule has 0 saturated heterocycles. The van der Waals surface area contributed by atoms with Crippen molar-refractivity contribution in [3.8, 4) is 0 Å². The Morgan fingerprint density at radius 2 is 2.00 bits per heavy atom. The molecule has 1 rings (SSSR count). The number of rotatable bonds is 7. The summed E-state index contributed by atoms with van der Waals surface area (Å²) in [5.41, 5.74) is 1.72. The lowest BCUT2D eigenvalue weighted by atomic mass is 10.1. The molecule has 0 aliphatic rings. The second kappa shape index (κ2) is 8.04. The van der Waals surface area contributed by atoms with Gasteiger partial charge in [0.05, 0.1) is 0 Å². The van der Waals surface area contributed by atoms with Gasteiger partial charge in [0.15, 0.2) is 0 Å². The van der Waals surface area contributed by atoms with Gasteiger partial charge in [-0.2, -0.15) is 11.8 Å². The van der Waals surface area contributed by atoms with Gasteiger partial charge in [-0.05, 0) is 58.3 Å². The van der Waals surface area contributed by atoms with Crippen LogP contribution in [0.15, 0.2) is 18.2 Å². The van der Waals surface area contributed by atoms with Crippen molar-refractivity contribution < 1.29 is 4.39 Å². The zero-order valence-electron chi connectivity index (χ0n) is 14.2. The highest BCUT2D eigenvalue weighted by Gasteiger charge is 2.18. The monoisotopic (exact) mass is 312 g/mol. The summed E-state index contributed by atoms with van der Waals surface area (Å²) in [6.07, 6.45) is 3.22. The molecule has 1 unspecified atom stereocenters. The number of hydrogen-bond acceptors (Lipinski definition) is 3. The Morgan fingerprint density at radius 1 is 1.33 bits per heavy atom. The summed E-state index contributed by atoms with van der Waals surface area (Å²) in [7, 11) is 2.06. The van der Waals surface area contributed by atoms with Crippen LogP contribution >= 0.6 is 11.8 Å². The second-order valence-electron chi connectivity index (χ2n) is 6.58. The van der Waals surface area contributed by atoms with Gasteiger partial charge >= 0.3 is 0 Å². The average Bonchev–Trinajstić information content (AvgIpc) is 2.41. The van der Waals surface area contributed by atoms with Crippen LogP contribution < -0.4 is 10.2 Å². The Morgan fingerprint density at radius 3 is 2.57 bits per heavy atom. The van der Waals surface area contributed by atoms with Crippen molar-refractivity contribution in [2.24, 2.45) is 0 Å². The molecule has 1 atom stereocenters. The van der Waals surface area contributed by atoms with Gasteiger partial charge in [0.25, 0.3) is 0 Å². The largest absolute Gasteiger partial charge is 0.372 e. The molecule has 0 bridgehead atoms. The van der Waals surface area contributed by atoms with Gasteiger partial charge in [-0.1, -0.05) is 6.07 Å². The Kier molecular flexibility index (Phi) is 7.01. The fourth-order valence-electron chi connectivity index (χ4n) is 2.13. The number of thioether (sulfide) groups is 1. The van der Waals surface area contributed by atoms with Crippen LogP contribution in [-0.2, 0) is 6.54 Å². The first-order chi connectivity index (χ1) is 9.76. The normalized spacial score (nSPS) is 13.3. The minimum atomic E-state index is -0.131. The molecular formula is C17H29FN2S. The third kappa shape index (κ3) is 5.87. The maximum atomic E-state index is 14.2. The number of anilines is 1. The van der Waals surface area contributed by atoms with E-state index in [1.165, 1.54) is 0 Å². The van der Waals surface area contributed by atoms with Crippen LogP contribution in [0.5, 0.6) is 0 Å². The molecule has 0 radical (unpaired) electrons. The molecule has 1 aromatic rings. The maximum Gasteiger partial charge on any atom is 0.129 e. The lowest BCUT2D eigenvalue weighted by Gasteiger charge is -2.30. The lowest BCUT2D eigenvalue weighted by molar-refractivity contribution is 0.418. The molecule has 0 spiro atoms. The van der Waals surface area contributed by atoms with Gasteiger partial charge in [-0.3, -0.25) is 0 Å². The van der Waals surface area contributed by atoms with E-state index in [1.54, 1.807) is 12.1 Å². The summed E-state index contributed by atoms with van der Waals surface area (Å²) in [5, 5.41) is 3.39. The predicted octanol–water partition coefficient (Wildman–Crippen LogP) is 4.29. The minimum Gasteiger partial charge on any atom is -0.372 e. The van der Waals surface area contributed by atoms with E-state index in [1.807, 2.05) is 17.8 Å². The fraction of sp³-hybridized carbons (Fsp3) is 0.647. The van der Waals surface area contributed by atoms with Gasteiger partial charge in [0, 0.05) is 36.4 Å². The number of benzene rings is 1. The van der Waals surface area contributed by atoms with Crippen molar-refractivity contribution in [2.45, 2.75) is 52.2 Å². The molecule has 0 aliphatic carbocycles. The molecule has 0 heterocycles. The van der Waals surface area contributed by atoms with E-state index >= 15 is 0 Å². The number of nitrogens with zero attached hydrogens (tertiary/aromatic N) is 1. The molecule has 1 aromatic carbocycles. The first-order valence-electron chi connectivity index (χ1n) is 7.50. The van der Waals surface area contributed by atoms with Crippen molar-refractivity contribution in [1.82, 2.24) is 5.32 Å². The number of hydrogen-bond donors (Lipinski definition) is 1. The molecule has 0 aliphatic heterocycles. The highest BCUT2D eigenvalue weighted by molar-refractivity contribution is 7.98. The van der Waals surface area contributed by atoms with Crippen LogP contribution in [0.25, 0.3) is 0 Å². The third-order valence-electron chi connectivity index (χ3n) is 3.67. The van der Waals surface area contributed by atoms with Gasteiger partial charge < -0.3 is 10.2 Å². The van der Waals surface area contributed by atoms with E-state index in [-0.39, 0.29) is 11.4 Å². The van der Waals surface area contributed by atoms with Gasteiger partial charge in [0.1, 0.15) is 5.82 Å². The highest BCUT2D eigenvalue weighted by Crippen LogP contribution is 2.25. The van der Waals surface area contributed by atoms with Crippen molar-refractivity contribution in [1.29, 1.82) is 0 Å². The quantitative estimate of drug-likeness (QED) is 0.808. The number of nitrogens with one attached hydrogen (secondary N) is 1. The Labute approximate surface area is 133 Å². The van der Waals surface area contributed by atoms with Gasteiger partial charge in [-0.15, -0.1) is 0 Å². The minimum absolute atomic E-state index is 0.0252. The smallest absolute Gasteiger partial charge is 0.129 e. The Hall–Kier alpha value is -0.740. The van der Waals surface area contributed by atoms with Crippen molar-refractivity contribution in [3.05, 3.63) is 29.6 Å². The van der Waals surface area contributed by atoms with Gasteiger partial charge in [0.2, 0.25) is 0 Å². The Bertz CT molecular complexity index is 443. The Balaban J connectivity index is 2.93. The standard InChI is InChI=1S/C17H29FN2S/c1-13(10-11-21-6)20(5)16-9-7-8-15(18)14(16)12-19-17(2,3)4/h7-9,13,19H,10-12H2,1-6H3. The summed E-state index contributed by atoms with van der Waals surface area (Å²) >= 11 is 1.85. The van der Waals surface area contributed by atoms with E-state index in [0.717, 1.165) is 23.4 Å². The van der Waals surface area contributed by atoms with Crippen LogP contribution in [0.4, 0.5) is 10.1 Å². The molecule has 2 nitrogen and oxygen atoms in total. The topological polar surface area (TPSA) is 15.3 Å². The van der Waals surface area contributed by atoms with E-state index in [2.05, 4.69) is 51.2 Å². The zero-order chi connectivity index (χ0) is 16.0. The highest BCUT2D eigenvalue weighted by atomic mass is 32.2. The van der Waals surface area contributed by atoms with Crippen LogP contribution in [0.2, 0.25) is 0 Å². The van der Waals surface area contributed by atoms with Gasteiger partial charge in [-0.25, -0.2) is 4.39 Å². The zero-order valence-corrected chi connectivity index (χ0v) is 15.0. The van der Waals surface area contributed by atoms with Crippen LogP contribution in [-0.4, -0.2) is 30.6 Å². The average molecular weight is 312 g/mol. The summed E-state index contributed by atoms with van der Waals surface area (Å²) in [4.78, 5) is 2.19. The molecular weight excluding hydrogens is 283 g/mol.